The van der Waals surface area contributed by atoms with Crippen molar-refractivity contribution in [2.45, 2.75) is 45.2 Å². The minimum atomic E-state index is 0.0385. The molecule has 1 aliphatic carbocycles. The molecule has 1 atom stereocenters. The van der Waals surface area contributed by atoms with Gasteiger partial charge in [0.1, 0.15) is 17.3 Å². The second kappa shape index (κ2) is 7.37. The number of para-hydroxylation sites is 2. The molecule has 1 unspecified atom stereocenters. The van der Waals surface area contributed by atoms with Crippen LogP contribution in [0.3, 0.4) is 0 Å². The summed E-state index contributed by atoms with van der Waals surface area (Å²) in [4.78, 5) is 23.0. The first kappa shape index (κ1) is 17.9. The summed E-state index contributed by atoms with van der Waals surface area (Å²) >= 11 is 0. The highest BCUT2D eigenvalue weighted by Crippen LogP contribution is 2.30. The fraction of sp³-hybridized carbons (Fsp3) is 0.304. The van der Waals surface area contributed by atoms with Crippen molar-refractivity contribution in [2.24, 2.45) is 0 Å². The van der Waals surface area contributed by atoms with Crippen LogP contribution in [0.15, 0.2) is 51.8 Å². The fourth-order valence-electron chi connectivity index (χ4n) is 4.13. The van der Waals surface area contributed by atoms with Crippen LogP contribution in [-0.4, -0.2) is 15.0 Å². The lowest BCUT2D eigenvalue weighted by Gasteiger charge is -2.17. The van der Waals surface area contributed by atoms with Gasteiger partial charge in [0, 0.05) is 17.3 Å². The lowest BCUT2D eigenvalue weighted by molar-refractivity contribution is 0.461. The Morgan fingerprint density at radius 1 is 1.14 bits per heavy atom. The molecule has 0 saturated carbocycles. The molecular weight excluding hydrogens is 364 g/mol. The van der Waals surface area contributed by atoms with E-state index in [9.17, 15) is 4.79 Å². The predicted molar refractivity (Wildman–Crippen MR) is 113 cm³/mol. The van der Waals surface area contributed by atoms with E-state index in [2.05, 4.69) is 27.2 Å². The Morgan fingerprint density at radius 2 is 1.97 bits per heavy atom. The Kier molecular flexibility index (Phi) is 4.56. The Labute approximate surface area is 168 Å². The third kappa shape index (κ3) is 3.40. The zero-order valence-corrected chi connectivity index (χ0v) is 16.4. The zero-order valence-electron chi connectivity index (χ0n) is 16.4. The summed E-state index contributed by atoms with van der Waals surface area (Å²) in [5.41, 5.74) is 5.12. The Morgan fingerprint density at radius 3 is 2.83 bits per heavy atom. The van der Waals surface area contributed by atoms with Gasteiger partial charge >= 0.3 is 0 Å². The minimum Gasteiger partial charge on any atom is -0.460 e. The number of aromatic nitrogens is 3. The van der Waals surface area contributed by atoms with Gasteiger partial charge in [0.05, 0.1) is 23.6 Å². The topological polar surface area (TPSA) is 86.7 Å². The van der Waals surface area contributed by atoms with Crippen LogP contribution >= 0.6 is 0 Å². The van der Waals surface area contributed by atoms with Gasteiger partial charge in [-0.3, -0.25) is 4.79 Å². The van der Waals surface area contributed by atoms with Crippen LogP contribution in [0.5, 0.6) is 0 Å². The van der Waals surface area contributed by atoms with E-state index in [-0.39, 0.29) is 11.6 Å². The summed E-state index contributed by atoms with van der Waals surface area (Å²) in [7, 11) is 0. The average molecular weight is 388 g/mol. The Balaban J connectivity index is 1.33. The summed E-state index contributed by atoms with van der Waals surface area (Å²) in [5.74, 6) is 2.58. The highest BCUT2D eigenvalue weighted by Gasteiger charge is 2.19. The molecule has 6 nitrogen and oxygen atoms in total. The maximum absolute atomic E-state index is 12.1. The van der Waals surface area contributed by atoms with E-state index in [0.29, 0.717) is 6.54 Å². The van der Waals surface area contributed by atoms with Gasteiger partial charge in [-0.25, -0.2) is 4.98 Å². The first-order valence-corrected chi connectivity index (χ1v) is 10.2. The number of hydrogen-bond acceptors (Lipinski definition) is 4. The van der Waals surface area contributed by atoms with Crippen LogP contribution < -0.4 is 10.9 Å². The van der Waals surface area contributed by atoms with E-state index < -0.39 is 0 Å². The number of furan rings is 1. The van der Waals surface area contributed by atoms with Crippen molar-refractivity contribution in [2.75, 3.05) is 0 Å². The number of pyridine rings is 1. The Hall–Kier alpha value is -3.12. The number of rotatable bonds is 5. The molecule has 0 bridgehead atoms. The second-order valence-corrected chi connectivity index (χ2v) is 7.70. The van der Waals surface area contributed by atoms with E-state index in [1.54, 1.807) is 6.20 Å². The molecule has 5 rings (SSSR count). The summed E-state index contributed by atoms with van der Waals surface area (Å²) in [6.07, 6.45) is 5.77. The SMILES string of the molecule is CC(NCc1ccc(-c2c[nH]c(=O)c3c2CCCC3)o1)c1nc2ccccc2[nH]1. The molecule has 3 aromatic heterocycles. The number of benzene rings is 1. The average Bonchev–Trinajstić information content (AvgIpc) is 3.39. The van der Waals surface area contributed by atoms with Crippen molar-refractivity contribution in [1.82, 2.24) is 20.3 Å². The maximum Gasteiger partial charge on any atom is 0.251 e. The number of nitrogens with zero attached hydrogens (tertiary/aromatic N) is 1. The van der Waals surface area contributed by atoms with Crippen LogP contribution in [0.4, 0.5) is 0 Å². The van der Waals surface area contributed by atoms with E-state index in [1.165, 1.54) is 0 Å². The molecule has 4 aromatic rings. The van der Waals surface area contributed by atoms with Crippen LogP contribution in [-0.2, 0) is 19.4 Å². The van der Waals surface area contributed by atoms with Gasteiger partial charge in [-0.1, -0.05) is 12.1 Å². The highest BCUT2D eigenvalue weighted by atomic mass is 16.3. The van der Waals surface area contributed by atoms with Gasteiger partial charge in [0.2, 0.25) is 0 Å². The summed E-state index contributed by atoms with van der Waals surface area (Å²) < 4.78 is 6.11. The molecule has 0 fully saturated rings. The number of aromatic amines is 2. The van der Waals surface area contributed by atoms with Crippen molar-refractivity contribution < 1.29 is 4.42 Å². The molecule has 0 aliphatic heterocycles. The fourth-order valence-corrected chi connectivity index (χ4v) is 4.13. The molecule has 0 amide bonds. The van der Waals surface area contributed by atoms with Gasteiger partial charge in [0.15, 0.2) is 0 Å². The standard InChI is InChI=1S/C23H24N4O2/c1-14(22-26-19-8-4-5-9-20(19)27-22)24-12-15-10-11-21(29-15)18-13-25-23(28)17-7-3-2-6-16(17)18/h4-5,8-11,13-14,24H,2-3,6-7,12H2,1H3,(H,25,28)(H,26,27). The molecule has 0 saturated heterocycles. The molecule has 148 valence electrons. The molecular formula is C23H24N4O2. The van der Waals surface area contributed by atoms with Crippen LogP contribution in [0.2, 0.25) is 0 Å². The predicted octanol–water partition coefficient (Wildman–Crippen LogP) is 4.24. The van der Waals surface area contributed by atoms with Gasteiger partial charge in [-0.2, -0.15) is 0 Å². The van der Waals surface area contributed by atoms with Gasteiger partial charge in [0.25, 0.3) is 5.56 Å². The van der Waals surface area contributed by atoms with Gasteiger partial charge in [-0.15, -0.1) is 0 Å². The van der Waals surface area contributed by atoms with Crippen molar-refractivity contribution >= 4 is 11.0 Å². The van der Waals surface area contributed by atoms with Crippen molar-refractivity contribution in [3.63, 3.8) is 0 Å². The van der Waals surface area contributed by atoms with Crippen molar-refractivity contribution in [3.05, 3.63) is 75.7 Å². The largest absolute Gasteiger partial charge is 0.460 e. The minimum absolute atomic E-state index is 0.0385. The molecule has 3 heterocycles. The van der Waals surface area contributed by atoms with Crippen LogP contribution in [0, 0.1) is 0 Å². The van der Waals surface area contributed by atoms with Crippen LogP contribution in [0.25, 0.3) is 22.4 Å². The highest BCUT2D eigenvalue weighted by molar-refractivity contribution is 5.74. The maximum atomic E-state index is 12.1. The normalized spacial score (nSPS) is 14.8. The number of hydrogen-bond donors (Lipinski definition) is 3. The lowest BCUT2D eigenvalue weighted by Crippen LogP contribution is -2.19. The monoisotopic (exact) mass is 388 g/mol. The summed E-state index contributed by atoms with van der Waals surface area (Å²) in [6, 6.07) is 12.1. The molecule has 0 radical (unpaired) electrons. The van der Waals surface area contributed by atoms with Gasteiger partial charge < -0.3 is 19.7 Å². The van der Waals surface area contributed by atoms with E-state index in [1.807, 2.05) is 36.4 Å². The van der Waals surface area contributed by atoms with E-state index in [4.69, 9.17) is 4.42 Å². The number of H-pyrrole nitrogens is 2. The Bertz CT molecular complexity index is 1180. The van der Waals surface area contributed by atoms with Crippen molar-refractivity contribution in [3.8, 4) is 11.3 Å². The quantitative estimate of drug-likeness (QED) is 0.477. The number of nitrogens with one attached hydrogen (secondary N) is 3. The first-order valence-electron chi connectivity index (χ1n) is 10.2. The van der Waals surface area contributed by atoms with E-state index in [0.717, 1.165) is 70.8 Å². The smallest absolute Gasteiger partial charge is 0.251 e. The van der Waals surface area contributed by atoms with Crippen LogP contribution in [0.1, 0.15) is 48.5 Å². The molecule has 3 N–H and O–H groups in total. The summed E-state index contributed by atoms with van der Waals surface area (Å²) in [5, 5.41) is 3.47. The summed E-state index contributed by atoms with van der Waals surface area (Å²) in [6.45, 7) is 2.68. The molecule has 29 heavy (non-hydrogen) atoms. The third-order valence-electron chi connectivity index (χ3n) is 5.74. The molecule has 1 aliphatic rings. The zero-order chi connectivity index (χ0) is 19.8. The first-order chi connectivity index (χ1) is 14.2. The number of fused-ring (bicyclic) bond motifs is 2. The van der Waals surface area contributed by atoms with Crippen molar-refractivity contribution in [1.29, 1.82) is 0 Å². The molecule has 1 aromatic carbocycles. The molecule has 6 heteroatoms. The number of imidazole rings is 1. The van der Waals surface area contributed by atoms with Gasteiger partial charge in [-0.05, 0) is 62.4 Å². The second-order valence-electron chi connectivity index (χ2n) is 7.70. The molecule has 0 spiro atoms. The lowest BCUT2D eigenvalue weighted by atomic mass is 9.89. The van der Waals surface area contributed by atoms with E-state index >= 15 is 0 Å². The third-order valence-corrected chi connectivity index (χ3v) is 5.74.